The van der Waals surface area contributed by atoms with Crippen molar-refractivity contribution in [1.82, 2.24) is 5.32 Å². The van der Waals surface area contributed by atoms with Crippen LogP contribution in [0.1, 0.15) is 49.4 Å². The van der Waals surface area contributed by atoms with Gasteiger partial charge >= 0.3 is 0 Å². The Balaban J connectivity index is 2.20. The molecule has 20 heavy (non-hydrogen) atoms. The molecular formula is C14H19N3O3. The van der Waals surface area contributed by atoms with Gasteiger partial charge < -0.3 is 11.1 Å². The largest absolute Gasteiger partial charge is 0.398 e. The molecule has 1 fully saturated rings. The van der Waals surface area contributed by atoms with Gasteiger partial charge in [-0.25, -0.2) is 0 Å². The maximum atomic E-state index is 12.3. The number of carbonyl (C=O) groups is 1. The molecule has 0 saturated heterocycles. The molecule has 0 heterocycles. The monoisotopic (exact) mass is 277 g/mol. The predicted octanol–water partition coefficient (Wildman–Crippen LogP) is 2.63. The summed E-state index contributed by atoms with van der Waals surface area (Å²) in [7, 11) is 0. The number of nitrogens with zero attached hydrogens (tertiary/aromatic N) is 1. The number of carbonyl (C=O) groups excluding carboxylic acids is 1. The van der Waals surface area contributed by atoms with Gasteiger partial charge in [0.2, 0.25) is 0 Å². The molecule has 1 aliphatic rings. The normalized spacial score (nSPS) is 17.4. The molecule has 0 aliphatic heterocycles. The van der Waals surface area contributed by atoms with E-state index in [4.69, 9.17) is 5.73 Å². The number of hydrogen-bond acceptors (Lipinski definition) is 4. The van der Waals surface area contributed by atoms with Gasteiger partial charge in [-0.2, -0.15) is 0 Å². The third-order valence-electron chi connectivity index (χ3n) is 3.86. The molecule has 0 spiro atoms. The molecule has 1 amide bonds. The van der Waals surface area contributed by atoms with Gasteiger partial charge in [-0.1, -0.05) is 19.3 Å². The smallest absolute Gasteiger partial charge is 0.270 e. The Labute approximate surface area is 117 Å². The Morgan fingerprint density at radius 1 is 1.35 bits per heavy atom. The molecule has 1 aromatic rings. The van der Waals surface area contributed by atoms with E-state index in [9.17, 15) is 14.9 Å². The maximum Gasteiger partial charge on any atom is 0.270 e. The highest BCUT2D eigenvalue weighted by Crippen LogP contribution is 2.28. The number of anilines is 1. The van der Waals surface area contributed by atoms with Crippen molar-refractivity contribution >= 4 is 17.3 Å². The third kappa shape index (κ3) is 3.07. The second-order valence-electron chi connectivity index (χ2n) is 5.60. The fraction of sp³-hybridized carbons (Fsp3) is 0.500. The van der Waals surface area contributed by atoms with Gasteiger partial charge in [0.1, 0.15) is 0 Å². The summed E-state index contributed by atoms with van der Waals surface area (Å²) in [6, 6.07) is 3.93. The molecule has 0 aromatic heterocycles. The molecule has 6 nitrogen and oxygen atoms in total. The second-order valence-corrected chi connectivity index (χ2v) is 5.60. The van der Waals surface area contributed by atoms with Crippen molar-refractivity contribution < 1.29 is 9.72 Å². The molecular weight excluding hydrogens is 258 g/mol. The number of nitrogen functional groups attached to an aromatic ring is 1. The fourth-order valence-electron chi connectivity index (χ4n) is 2.65. The van der Waals surface area contributed by atoms with E-state index in [1.54, 1.807) is 0 Å². The highest BCUT2D eigenvalue weighted by atomic mass is 16.6. The van der Waals surface area contributed by atoms with Gasteiger partial charge in [0.15, 0.2) is 0 Å². The average molecular weight is 277 g/mol. The summed E-state index contributed by atoms with van der Waals surface area (Å²) < 4.78 is 0. The molecule has 1 saturated carbocycles. The van der Waals surface area contributed by atoms with Crippen LogP contribution >= 0.6 is 0 Å². The van der Waals surface area contributed by atoms with Crippen molar-refractivity contribution in [2.45, 2.75) is 44.6 Å². The van der Waals surface area contributed by atoms with E-state index < -0.39 is 4.92 Å². The number of nitro groups is 1. The number of nitrogens with one attached hydrogen (secondary N) is 1. The molecule has 0 bridgehead atoms. The molecule has 1 aliphatic carbocycles. The molecule has 0 radical (unpaired) electrons. The summed E-state index contributed by atoms with van der Waals surface area (Å²) in [6.45, 7) is 2.01. The average Bonchev–Trinajstić information content (AvgIpc) is 2.39. The van der Waals surface area contributed by atoms with Gasteiger partial charge in [0, 0.05) is 23.4 Å². The van der Waals surface area contributed by atoms with Gasteiger partial charge in [-0.3, -0.25) is 14.9 Å². The van der Waals surface area contributed by atoms with E-state index >= 15 is 0 Å². The SMILES string of the molecule is CC1(NC(=O)c2cc([N+](=O)[O-])ccc2N)CCCCC1. The van der Waals surface area contributed by atoms with E-state index in [2.05, 4.69) is 5.32 Å². The summed E-state index contributed by atoms with van der Waals surface area (Å²) in [6.07, 6.45) is 5.20. The summed E-state index contributed by atoms with van der Waals surface area (Å²) in [5.74, 6) is -0.337. The summed E-state index contributed by atoms with van der Waals surface area (Å²) in [5.41, 5.74) is 5.81. The Hall–Kier alpha value is -2.11. The standard InChI is InChI=1S/C14H19N3O3/c1-14(7-3-2-4-8-14)16-13(18)11-9-10(17(19)20)5-6-12(11)15/h5-6,9H,2-4,7-8,15H2,1H3,(H,16,18). The van der Waals surface area contributed by atoms with Crippen LogP contribution in [0.2, 0.25) is 0 Å². The van der Waals surface area contributed by atoms with Gasteiger partial charge in [0.25, 0.3) is 11.6 Å². The van der Waals surface area contributed by atoms with E-state index in [0.29, 0.717) is 0 Å². The quantitative estimate of drug-likeness (QED) is 0.504. The van der Waals surface area contributed by atoms with Crippen molar-refractivity contribution in [1.29, 1.82) is 0 Å². The lowest BCUT2D eigenvalue weighted by Crippen LogP contribution is -2.47. The minimum atomic E-state index is -0.529. The first kappa shape index (κ1) is 14.3. The lowest BCUT2D eigenvalue weighted by Gasteiger charge is -2.34. The number of rotatable bonds is 3. The molecule has 108 valence electrons. The van der Waals surface area contributed by atoms with Crippen LogP contribution < -0.4 is 11.1 Å². The van der Waals surface area contributed by atoms with Crippen LogP contribution in [0.4, 0.5) is 11.4 Å². The molecule has 6 heteroatoms. The Morgan fingerprint density at radius 2 is 2.00 bits per heavy atom. The highest BCUT2D eigenvalue weighted by Gasteiger charge is 2.29. The lowest BCUT2D eigenvalue weighted by molar-refractivity contribution is -0.384. The molecule has 1 aromatic carbocycles. The van der Waals surface area contributed by atoms with Crippen LogP contribution in [0.5, 0.6) is 0 Å². The van der Waals surface area contributed by atoms with E-state index in [0.717, 1.165) is 25.7 Å². The van der Waals surface area contributed by atoms with Gasteiger partial charge in [-0.05, 0) is 25.8 Å². The van der Waals surface area contributed by atoms with Crippen LogP contribution in [0, 0.1) is 10.1 Å². The summed E-state index contributed by atoms with van der Waals surface area (Å²) in [5, 5.41) is 13.8. The van der Waals surface area contributed by atoms with Gasteiger partial charge in [-0.15, -0.1) is 0 Å². The van der Waals surface area contributed by atoms with E-state index in [-0.39, 0.29) is 28.4 Å². The molecule has 0 unspecified atom stereocenters. The number of non-ortho nitro benzene ring substituents is 1. The van der Waals surface area contributed by atoms with Crippen molar-refractivity contribution in [2.24, 2.45) is 0 Å². The van der Waals surface area contributed by atoms with Crippen LogP contribution in [-0.4, -0.2) is 16.4 Å². The predicted molar refractivity (Wildman–Crippen MR) is 76.5 cm³/mol. The maximum absolute atomic E-state index is 12.3. The van der Waals surface area contributed by atoms with Crippen LogP contribution in [0.25, 0.3) is 0 Å². The Morgan fingerprint density at radius 3 is 2.60 bits per heavy atom. The van der Waals surface area contributed by atoms with Crippen molar-refractivity contribution in [3.05, 3.63) is 33.9 Å². The van der Waals surface area contributed by atoms with Crippen molar-refractivity contribution in [3.8, 4) is 0 Å². The Kier molecular flexibility index (Phi) is 3.92. The number of hydrogen-bond donors (Lipinski definition) is 2. The summed E-state index contributed by atoms with van der Waals surface area (Å²) in [4.78, 5) is 22.5. The topological polar surface area (TPSA) is 98.3 Å². The molecule has 3 N–H and O–H groups in total. The van der Waals surface area contributed by atoms with Gasteiger partial charge in [0.05, 0.1) is 10.5 Å². The van der Waals surface area contributed by atoms with Crippen molar-refractivity contribution in [3.63, 3.8) is 0 Å². The zero-order chi connectivity index (χ0) is 14.8. The number of benzene rings is 1. The van der Waals surface area contributed by atoms with Crippen LogP contribution in [-0.2, 0) is 0 Å². The zero-order valence-corrected chi connectivity index (χ0v) is 11.5. The first-order valence-electron chi connectivity index (χ1n) is 6.78. The van der Waals surface area contributed by atoms with E-state index in [1.165, 1.54) is 24.6 Å². The Bertz CT molecular complexity index is 536. The minimum absolute atomic E-state index is 0.127. The summed E-state index contributed by atoms with van der Waals surface area (Å²) >= 11 is 0. The third-order valence-corrected chi connectivity index (χ3v) is 3.86. The second kappa shape index (κ2) is 5.48. The molecule has 0 atom stereocenters. The van der Waals surface area contributed by atoms with E-state index in [1.807, 2.05) is 6.92 Å². The first-order chi connectivity index (χ1) is 9.41. The number of amides is 1. The highest BCUT2D eigenvalue weighted by molar-refractivity contribution is 6.00. The minimum Gasteiger partial charge on any atom is -0.398 e. The van der Waals surface area contributed by atoms with Crippen LogP contribution in [0.3, 0.4) is 0 Å². The number of nitrogens with two attached hydrogens (primary N) is 1. The van der Waals surface area contributed by atoms with Crippen LogP contribution in [0.15, 0.2) is 18.2 Å². The number of nitro benzene ring substituents is 1. The fourth-order valence-corrected chi connectivity index (χ4v) is 2.65. The lowest BCUT2D eigenvalue weighted by atomic mass is 9.83. The molecule has 2 rings (SSSR count). The zero-order valence-electron chi connectivity index (χ0n) is 11.5. The van der Waals surface area contributed by atoms with Crippen molar-refractivity contribution in [2.75, 3.05) is 5.73 Å². The first-order valence-corrected chi connectivity index (χ1v) is 6.78.